The lowest BCUT2D eigenvalue weighted by Crippen LogP contribution is -1.97. The highest BCUT2D eigenvalue weighted by atomic mass is 14.5. The molecule has 0 aromatic rings. The molecule has 0 rings (SSSR count). The fraction of sp³-hybridized carbons (Fsp3) is 1.00. The summed E-state index contributed by atoms with van der Waals surface area (Å²) >= 11 is 0. The lowest BCUT2D eigenvalue weighted by Gasteiger charge is -2.11. The van der Waals surface area contributed by atoms with Crippen molar-refractivity contribution in [2.45, 2.75) is 110 Å². The first-order valence-corrected chi connectivity index (χ1v) is 9.51. The van der Waals surface area contributed by atoms with E-state index in [4.69, 9.17) is 5.73 Å². The van der Waals surface area contributed by atoms with Crippen LogP contribution in [0.2, 0.25) is 0 Å². The molecule has 0 aliphatic rings. The Hall–Kier alpha value is -0.0400. The first-order chi connectivity index (χ1) is 9.81. The summed E-state index contributed by atoms with van der Waals surface area (Å²) in [5, 5.41) is 0. The van der Waals surface area contributed by atoms with Gasteiger partial charge in [-0.25, -0.2) is 0 Å². The van der Waals surface area contributed by atoms with Crippen LogP contribution in [0.4, 0.5) is 0 Å². The van der Waals surface area contributed by atoms with Gasteiger partial charge in [0.2, 0.25) is 0 Å². The molecule has 0 fully saturated rings. The van der Waals surface area contributed by atoms with E-state index in [0.717, 1.165) is 12.5 Å². The van der Waals surface area contributed by atoms with E-state index in [0.29, 0.717) is 0 Å². The molecule has 20 heavy (non-hydrogen) atoms. The van der Waals surface area contributed by atoms with E-state index in [9.17, 15) is 0 Å². The van der Waals surface area contributed by atoms with Gasteiger partial charge in [0.05, 0.1) is 0 Å². The van der Waals surface area contributed by atoms with Crippen LogP contribution in [0.25, 0.3) is 0 Å². The standard InChI is InChI=1S/C19H41N/c1-3-4-5-6-10-13-16-19(2)17-14-11-8-7-9-12-15-18-20/h19H,3-18,20H2,1-2H3. The molecule has 0 aliphatic heterocycles. The molecule has 1 unspecified atom stereocenters. The molecule has 0 saturated carbocycles. The third-order valence-electron chi connectivity index (χ3n) is 4.45. The van der Waals surface area contributed by atoms with E-state index in [2.05, 4.69) is 13.8 Å². The van der Waals surface area contributed by atoms with E-state index in [1.807, 2.05) is 0 Å². The largest absolute Gasteiger partial charge is 0.330 e. The second kappa shape index (κ2) is 17.0. The van der Waals surface area contributed by atoms with Gasteiger partial charge in [-0.15, -0.1) is 0 Å². The Balaban J connectivity index is 3.10. The van der Waals surface area contributed by atoms with Gasteiger partial charge in [-0.2, -0.15) is 0 Å². The van der Waals surface area contributed by atoms with Gasteiger partial charge in [0.15, 0.2) is 0 Å². The van der Waals surface area contributed by atoms with Crippen LogP contribution in [-0.2, 0) is 0 Å². The van der Waals surface area contributed by atoms with Gasteiger partial charge >= 0.3 is 0 Å². The Morgan fingerprint density at radius 1 is 0.600 bits per heavy atom. The fourth-order valence-electron chi connectivity index (χ4n) is 2.94. The molecule has 0 bridgehead atoms. The normalized spacial score (nSPS) is 12.8. The molecule has 0 aromatic carbocycles. The van der Waals surface area contributed by atoms with E-state index in [1.54, 1.807) is 0 Å². The predicted octanol–water partition coefficient (Wildman–Crippen LogP) is 6.45. The van der Waals surface area contributed by atoms with E-state index in [1.165, 1.54) is 96.3 Å². The average Bonchev–Trinajstić information content (AvgIpc) is 2.45. The van der Waals surface area contributed by atoms with Gasteiger partial charge in [-0.1, -0.05) is 104 Å². The highest BCUT2D eigenvalue weighted by Gasteiger charge is 2.02. The van der Waals surface area contributed by atoms with Crippen LogP contribution in [0.3, 0.4) is 0 Å². The summed E-state index contributed by atoms with van der Waals surface area (Å²) < 4.78 is 0. The highest BCUT2D eigenvalue weighted by Crippen LogP contribution is 2.18. The number of rotatable bonds is 16. The minimum Gasteiger partial charge on any atom is -0.330 e. The molecule has 2 N–H and O–H groups in total. The molecule has 0 aromatic heterocycles. The first kappa shape index (κ1) is 20.0. The number of unbranched alkanes of at least 4 members (excludes halogenated alkanes) is 11. The van der Waals surface area contributed by atoms with Crippen LogP contribution in [0.1, 0.15) is 110 Å². The molecule has 0 radical (unpaired) electrons. The second-order valence-corrected chi connectivity index (χ2v) is 6.71. The fourth-order valence-corrected chi connectivity index (χ4v) is 2.94. The monoisotopic (exact) mass is 283 g/mol. The maximum absolute atomic E-state index is 5.50. The van der Waals surface area contributed by atoms with Gasteiger partial charge < -0.3 is 5.73 Å². The lowest BCUT2D eigenvalue weighted by atomic mass is 9.96. The summed E-state index contributed by atoms with van der Waals surface area (Å²) in [6.45, 7) is 5.61. The molecule has 0 saturated heterocycles. The molecule has 1 nitrogen and oxygen atoms in total. The topological polar surface area (TPSA) is 26.0 Å². The minimum atomic E-state index is 0.871. The van der Waals surface area contributed by atoms with Crippen LogP contribution in [0.5, 0.6) is 0 Å². The van der Waals surface area contributed by atoms with Crippen molar-refractivity contribution < 1.29 is 0 Å². The number of hydrogen-bond acceptors (Lipinski definition) is 1. The highest BCUT2D eigenvalue weighted by molar-refractivity contribution is 4.56. The summed E-state index contributed by atoms with van der Waals surface area (Å²) in [7, 11) is 0. The molecule has 122 valence electrons. The smallest absolute Gasteiger partial charge is 0.00773 e. The van der Waals surface area contributed by atoms with Crippen molar-refractivity contribution in [3.05, 3.63) is 0 Å². The van der Waals surface area contributed by atoms with Crippen molar-refractivity contribution in [3.8, 4) is 0 Å². The van der Waals surface area contributed by atoms with Crippen LogP contribution >= 0.6 is 0 Å². The Labute approximate surface area is 129 Å². The van der Waals surface area contributed by atoms with Crippen molar-refractivity contribution in [1.82, 2.24) is 0 Å². The van der Waals surface area contributed by atoms with E-state index in [-0.39, 0.29) is 0 Å². The summed E-state index contributed by atoms with van der Waals surface area (Å²) in [5.41, 5.74) is 5.50. The third-order valence-corrected chi connectivity index (χ3v) is 4.45. The van der Waals surface area contributed by atoms with Gasteiger partial charge in [0.1, 0.15) is 0 Å². The van der Waals surface area contributed by atoms with Crippen molar-refractivity contribution in [1.29, 1.82) is 0 Å². The summed E-state index contributed by atoms with van der Waals surface area (Å²) in [6.07, 6.45) is 21.3. The Kier molecular flexibility index (Phi) is 17.0. The van der Waals surface area contributed by atoms with E-state index < -0.39 is 0 Å². The molecular formula is C19H41N. The molecule has 1 atom stereocenters. The zero-order valence-corrected chi connectivity index (χ0v) is 14.5. The Morgan fingerprint density at radius 2 is 1.00 bits per heavy atom. The lowest BCUT2D eigenvalue weighted by molar-refractivity contribution is 0.431. The zero-order chi connectivity index (χ0) is 14.9. The third kappa shape index (κ3) is 16.0. The quantitative estimate of drug-likeness (QED) is 0.323. The van der Waals surface area contributed by atoms with Crippen LogP contribution < -0.4 is 5.73 Å². The van der Waals surface area contributed by atoms with Gasteiger partial charge in [-0.05, 0) is 18.9 Å². The molecule has 1 heteroatoms. The maximum Gasteiger partial charge on any atom is -0.00773 e. The van der Waals surface area contributed by atoms with Crippen LogP contribution in [0, 0.1) is 5.92 Å². The molecule has 0 amide bonds. The van der Waals surface area contributed by atoms with Gasteiger partial charge in [0.25, 0.3) is 0 Å². The van der Waals surface area contributed by atoms with Gasteiger partial charge in [-0.3, -0.25) is 0 Å². The molecule has 0 spiro atoms. The molecule has 0 heterocycles. The van der Waals surface area contributed by atoms with Crippen molar-refractivity contribution >= 4 is 0 Å². The van der Waals surface area contributed by atoms with Gasteiger partial charge in [0, 0.05) is 0 Å². The predicted molar refractivity (Wildman–Crippen MR) is 93.1 cm³/mol. The van der Waals surface area contributed by atoms with Crippen molar-refractivity contribution in [3.63, 3.8) is 0 Å². The Morgan fingerprint density at radius 3 is 1.45 bits per heavy atom. The molecular weight excluding hydrogens is 242 g/mol. The summed E-state index contributed by atoms with van der Waals surface area (Å²) in [4.78, 5) is 0. The summed E-state index contributed by atoms with van der Waals surface area (Å²) in [5.74, 6) is 0.957. The summed E-state index contributed by atoms with van der Waals surface area (Å²) in [6, 6.07) is 0. The number of hydrogen-bond donors (Lipinski definition) is 1. The molecule has 0 aliphatic carbocycles. The first-order valence-electron chi connectivity index (χ1n) is 9.51. The minimum absolute atomic E-state index is 0.871. The van der Waals surface area contributed by atoms with Crippen molar-refractivity contribution in [2.75, 3.05) is 6.54 Å². The zero-order valence-electron chi connectivity index (χ0n) is 14.5. The average molecular weight is 284 g/mol. The van der Waals surface area contributed by atoms with Crippen LogP contribution in [-0.4, -0.2) is 6.54 Å². The maximum atomic E-state index is 5.50. The van der Waals surface area contributed by atoms with Crippen LogP contribution in [0.15, 0.2) is 0 Å². The SMILES string of the molecule is CCCCCCCCC(C)CCCCCCCCCN. The van der Waals surface area contributed by atoms with Crippen molar-refractivity contribution in [2.24, 2.45) is 11.7 Å². The second-order valence-electron chi connectivity index (χ2n) is 6.71. The number of nitrogens with two attached hydrogens (primary N) is 1. The Bertz CT molecular complexity index is 167. The van der Waals surface area contributed by atoms with E-state index >= 15 is 0 Å².